The van der Waals surface area contributed by atoms with Crippen LogP contribution in [0.2, 0.25) is 0 Å². The van der Waals surface area contributed by atoms with Crippen molar-refractivity contribution in [1.29, 1.82) is 0 Å². The van der Waals surface area contributed by atoms with E-state index in [0.717, 1.165) is 0 Å². The van der Waals surface area contributed by atoms with Crippen molar-refractivity contribution in [3.05, 3.63) is 58.6 Å². The van der Waals surface area contributed by atoms with Crippen molar-refractivity contribution in [3.8, 4) is 0 Å². The number of hydrogen-bond donors (Lipinski definition) is 3. The number of nitro groups is 1. The summed E-state index contributed by atoms with van der Waals surface area (Å²) < 4.78 is 26.8. The molecular weight excluding hydrogens is 438 g/mol. The summed E-state index contributed by atoms with van der Waals surface area (Å²) in [5.41, 5.74) is 0.761. The van der Waals surface area contributed by atoms with Crippen molar-refractivity contribution in [2.24, 2.45) is 0 Å². The minimum absolute atomic E-state index is 0.111. The molecule has 3 N–H and O–H groups in total. The zero-order chi connectivity index (χ0) is 23.1. The molecular formula is C20H25N5O6S. The fraction of sp³-hybridized carbons (Fsp3) is 0.350. The van der Waals surface area contributed by atoms with Crippen molar-refractivity contribution in [2.75, 3.05) is 56.5 Å². The topological polar surface area (TPSA) is 145 Å². The number of carbonyl (C=O) groups excluding carboxylic acids is 1. The molecule has 2 aromatic carbocycles. The molecule has 0 radical (unpaired) electrons. The van der Waals surface area contributed by atoms with E-state index in [1.54, 1.807) is 23.1 Å². The predicted octanol–water partition coefficient (Wildman–Crippen LogP) is 0.944. The Morgan fingerprint density at radius 1 is 1.03 bits per heavy atom. The van der Waals surface area contributed by atoms with Gasteiger partial charge in [0.05, 0.1) is 34.3 Å². The summed E-state index contributed by atoms with van der Waals surface area (Å²) >= 11 is 0. The van der Waals surface area contributed by atoms with E-state index >= 15 is 0 Å². The van der Waals surface area contributed by atoms with Crippen LogP contribution in [0, 0.1) is 10.1 Å². The van der Waals surface area contributed by atoms with Crippen molar-refractivity contribution in [2.45, 2.75) is 4.90 Å². The zero-order valence-corrected chi connectivity index (χ0v) is 18.1. The van der Waals surface area contributed by atoms with E-state index in [1.165, 1.54) is 34.6 Å². The summed E-state index contributed by atoms with van der Waals surface area (Å²) in [4.78, 5) is 25.0. The molecule has 1 saturated heterocycles. The molecule has 0 saturated carbocycles. The summed E-state index contributed by atoms with van der Waals surface area (Å²) in [5, 5.41) is 25.9. The summed E-state index contributed by atoms with van der Waals surface area (Å²) in [7, 11) is -3.61. The molecule has 12 heteroatoms. The summed E-state index contributed by atoms with van der Waals surface area (Å²) in [6.45, 7) is 0.880. The van der Waals surface area contributed by atoms with Gasteiger partial charge >= 0.3 is 0 Å². The molecule has 2 aromatic rings. The Bertz CT molecular complexity index is 1060. The van der Waals surface area contributed by atoms with Gasteiger partial charge in [0.15, 0.2) is 0 Å². The summed E-state index contributed by atoms with van der Waals surface area (Å²) in [5.74, 6) is -0.249. The van der Waals surface area contributed by atoms with Crippen LogP contribution < -0.4 is 10.6 Å². The maximum Gasteiger partial charge on any atom is 0.271 e. The number of hydrogen-bond acceptors (Lipinski definition) is 8. The fourth-order valence-corrected chi connectivity index (χ4v) is 4.78. The van der Waals surface area contributed by atoms with Crippen LogP contribution in [-0.2, 0) is 14.8 Å². The van der Waals surface area contributed by atoms with E-state index in [9.17, 15) is 23.3 Å². The SMILES string of the molecule is O=C(CNc1cc([N+](=O)[O-])ccc1NCCO)N1CCN(S(=O)(=O)c2ccccc2)CC1. The molecule has 172 valence electrons. The summed E-state index contributed by atoms with van der Waals surface area (Å²) in [6.07, 6.45) is 0. The number of rotatable bonds is 9. The maximum atomic E-state index is 12.7. The first-order chi connectivity index (χ1) is 15.3. The zero-order valence-electron chi connectivity index (χ0n) is 17.3. The van der Waals surface area contributed by atoms with E-state index in [0.29, 0.717) is 11.4 Å². The number of anilines is 2. The molecule has 0 aliphatic carbocycles. The highest BCUT2D eigenvalue weighted by atomic mass is 32.2. The van der Waals surface area contributed by atoms with Crippen LogP contribution in [0.4, 0.5) is 17.1 Å². The van der Waals surface area contributed by atoms with Gasteiger partial charge in [-0.1, -0.05) is 18.2 Å². The quantitative estimate of drug-likeness (QED) is 0.368. The van der Waals surface area contributed by atoms with Gasteiger partial charge in [0.2, 0.25) is 15.9 Å². The fourth-order valence-electron chi connectivity index (χ4n) is 3.34. The van der Waals surface area contributed by atoms with Gasteiger partial charge in [0.1, 0.15) is 0 Å². The van der Waals surface area contributed by atoms with Gasteiger partial charge in [-0.25, -0.2) is 8.42 Å². The lowest BCUT2D eigenvalue weighted by Crippen LogP contribution is -2.51. The predicted molar refractivity (Wildman–Crippen MR) is 119 cm³/mol. The molecule has 11 nitrogen and oxygen atoms in total. The van der Waals surface area contributed by atoms with Crippen molar-refractivity contribution in [3.63, 3.8) is 0 Å². The van der Waals surface area contributed by atoms with Gasteiger partial charge in [0.25, 0.3) is 5.69 Å². The highest BCUT2D eigenvalue weighted by Gasteiger charge is 2.29. The molecule has 1 amide bonds. The monoisotopic (exact) mass is 463 g/mol. The number of nitrogens with zero attached hydrogens (tertiary/aromatic N) is 3. The molecule has 1 aliphatic heterocycles. The molecule has 1 heterocycles. The molecule has 0 spiro atoms. The molecule has 32 heavy (non-hydrogen) atoms. The molecule has 3 rings (SSSR count). The number of benzene rings is 2. The number of piperazine rings is 1. The number of non-ortho nitro benzene ring substituents is 1. The van der Waals surface area contributed by atoms with Crippen LogP contribution in [0.5, 0.6) is 0 Å². The Morgan fingerprint density at radius 2 is 1.72 bits per heavy atom. The van der Waals surface area contributed by atoms with Gasteiger partial charge in [0, 0.05) is 44.9 Å². The molecule has 1 fully saturated rings. The van der Waals surface area contributed by atoms with E-state index < -0.39 is 14.9 Å². The highest BCUT2D eigenvalue weighted by Crippen LogP contribution is 2.27. The van der Waals surface area contributed by atoms with Gasteiger partial charge in [-0.05, 0) is 18.2 Å². The van der Waals surface area contributed by atoms with E-state index in [4.69, 9.17) is 5.11 Å². The second-order valence-corrected chi connectivity index (χ2v) is 9.03. The molecule has 1 aliphatic rings. The third-order valence-electron chi connectivity index (χ3n) is 5.04. The third kappa shape index (κ3) is 5.52. The lowest BCUT2D eigenvalue weighted by atomic mass is 10.2. The van der Waals surface area contributed by atoms with Crippen LogP contribution in [-0.4, -0.2) is 79.4 Å². The largest absolute Gasteiger partial charge is 0.395 e. The number of sulfonamides is 1. The van der Waals surface area contributed by atoms with E-state index in [1.807, 2.05) is 0 Å². The first kappa shape index (κ1) is 23.4. The standard InChI is InChI=1S/C20H25N5O6S/c26-13-8-21-18-7-6-16(25(28)29)14-19(18)22-15-20(27)23-9-11-24(12-10-23)32(30,31)17-4-2-1-3-5-17/h1-7,14,21-22,26H,8-13,15H2. The Labute approximate surface area is 185 Å². The number of aliphatic hydroxyl groups excluding tert-OH is 1. The number of amides is 1. The minimum atomic E-state index is -3.61. The Kier molecular flexibility index (Phi) is 7.62. The Balaban J connectivity index is 1.60. The number of nitrogens with one attached hydrogen (secondary N) is 2. The van der Waals surface area contributed by atoms with E-state index in [2.05, 4.69) is 10.6 Å². The lowest BCUT2D eigenvalue weighted by Gasteiger charge is -2.34. The van der Waals surface area contributed by atoms with Gasteiger partial charge < -0.3 is 20.6 Å². The van der Waals surface area contributed by atoms with Crippen LogP contribution in [0.1, 0.15) is 0 Å². The van der Waals surface area contributed by atoms with Gasteiger partial charge in [-0.15, -0.1) is 0 Å². The third-order valence-corrected chi connectivity index (χ3v) is 6.96. The van der Waals surface area contributed by atoms with E-state index in [-0.39, 0.29) is 62.4 Å². The van der Waals surface area contributed by atoms with Crippen LogP contribution in [0.25, 0.3) is 0 Å². The Morgan fingerprint density at radius 3 is 2.34 bits per heavy atom. The molecule has 0 atom stereocenters. The Hall–Kier alpha value is -3.22. The summed E-state index contributed by atoms with van der Waals surface area (Å²) in [6, 6.07) is 12.3. The smallest absolute Gasteiger partial charge is 0.271 e. The van der Waals surface area contributed by atoms with Crippen LogP contribution in [0.15, 0.2) is 53.4 Å². The average molecular weight is 464 g/mol. The lowest BCUT2D eigenvalue weighted by molar-refractivity contribution is -0.384. The first-order valence-corrected chi connectivity index (χ1v) is 11.5. The molecule has 0 aromatic heterocycles. The number of carbonyl (C=O) groups is 1. The maximum absolute atomic E-state index is 12.7. The molecule has 0 bridgehead atoms. The second-order valence-electron chi connectivity index (χ2n) is 7.09. The molecule has 0 unspecified atom stereocenters. The van der Waals surface area contributed by atoms with Crippen molar-refractivity contribution < 1.29 is 23.2 Å². The number of nitro benzene ring substituents is 1. The first-order valence-electron chi connectivity index (χ1n) is 10.0. The minimum Gasteiger partial charge on any atom is -0.395 e. The normalized spacial score (nSPS) is 14.7. The van der Waals surface area contributed by atoms with Crippen molar-refractivity contribution >= 4 is 33.0 Å². The number of aliphatic hydroxyl groups is 1. The van der Waals surface area contributed by atoms with Crippen molar-refractivity contribution in [1.82, 2.24) is 9.21 Å². The second kappa shape index (κ2) is 10.4. The highest BCUT2D eigenvalue weighted by molar-refractivity contribution is 7.89. The van der Waals surface area contributed by atoms with Gasteiger partial charge in [-0.2, -0.15) is 4.31 Å². The van der Waals surface area contributed by atoms with Crippen LogP contribution in [0.3, 0.4) is 0 Å². The van der Waals surface area contributed by atoms with Gasteiger partial charge in [-0.3, -0.25) is 14.9 Å². The van der Waals surface area contributed by atoms with Crippen LogP contribution >= 0.6 is 0 Å². The average Bonchev–Trinajstić information content (AvgIpc) is 2.82.